The third-order valence-electron chi connectivity index (χ3n) is 16.5. The van der Waals surface area contributed by atoms with Crippen LogP contribution < -0.4 is 21.3 Å². The molecule has 0 aromatic heterocycles. The number of amides is 10. The van der Waals surface area contributed by atoms with Crippen LogP contribution in [-0.4, -0.2) is 226 Å². The van der Waals surface area contributed by atoms with E-state index in [2.05, 4.69) is 21.3 Å². The number of hydroxylamine groups is 2. The van der Waals surface area contributed by atoms with Crippen molar-refractivity contribution in [2.75, 3.05) is 48.8 Å². The van der Waals surface area contributed by atoms with Crippen LogP contribution in [0.3, 0.4) is 0 Å². The molecule has 1 fully saturated rings. The molecule has 0 aliphatic carbocycles. The smallest absolute Gasteiger partial charge is 0.347 e. The van der Waals surface area contributed by atoms with Crippen LogP contribution in [0.1, 0.15) is 164 Å². The maximum atomic E-state index is 15.0. The molecule has 1 rings (SSSR count). The van der Waals surface area contributed by atoms with E-state index in [1.54, 1.807) is 81.4 Å². The van der Waals surface area contributed by atoms with E-state index in [0.29, 0.717) is 6.42 Å². The minimum Gasteiger partial charge on any atom is -0.391 e. The van der Waals surface area contributed by atoms with Gasteiger partial charge in [-0.25, -0.2) is 4.79 Å². The van der Waals surface area contributed by atoms with Gasteiger partial charge in [0, 0.05) is 48.8 Å². The Labute approximate surface area is 520 Å². The van der Waals surface area contributed by atoms with Crippen LogP contribution in [0, 0.1) is 41.4 Å². The second kappa shape index (κ2) is 35.7. The quantitative estimate of drug-likeness (QED) is 0.147. The van der Waals surface area contributed by atoms with Crippen molar-refractivity contribution in [2.45, 2.75) is 236 Å². The Morgan fingerprint density at radius 2 is 0.931 bits per heavy atom. The number of rotatable bonds is 15. The van der Waals surface area contributed by atoms with Crippen molar-refractivity contribution in [1.82, 2.24) is 55.7 Å². The molecule has 1 saturated heterocycles. The molecule has 13 atom stereocenters. The SMILES string of the molecule is C/C=C/CC(C)C(O)[C@H]1C(=O)N[C@@H](CC)C(=O)N(C)[C@H](C)C(=O)N(CC)[C@@H](C(C)C)C(=O)N[C@@H](C(C)C)C(=O)N(C)[C@@H](CC(C)C)C(=O)N[C@H](C)C(=O)N[C@H](C)C(=O)N(C)[C@@H](CC(C)C)C(=O)N(C)[C@@H](CC(C)C)C(=O)N(C)[C@@H](C(C)C)C(=O)ON1C. The number of aliphatic hydroxyl groups excluding tert-OH is 1. The molecule has 10 amide bonds. The monoisotopic (exact) mass is 1230 g/mol. The Kier molecular flexibility index (Phi) is 32.4. The number of allylic oxidation sites excluding steroid dienone is 2. The summed E-state index contributed by atoms with van der Waals surface area (Å²) in [5.74, 6) is -10.5. The first-order chi connectivity index (χ1) is 40.2. The molecule has 0 saturated carbocycles. The number of nitrogens with one attached hydrogen (secondary N) is 4. The second-order valence-corrected chi connectivity index (χ2v) is 26.2. The highest BCUT2D eigenvalue weighted by Gasteiger charge is 2.45. The molecule has 0 spiro atoms. The lowest BCUT2D eigenvalue weighted by Gasteiger charge is -2.40. The molecule has 1 heterocycles. The molecular weight excluding hydrogens is 1120 g/mol. The predicted octanol–water partition coefficient (Wildman–Crippen LogP) is 3.59. The fourth-order valence-electron chi connectivity index (χ4n) is 10.9. The van der Waals surface area contributed by atoms with Crippen LogP contribution in [0.4, 0.5) is 0 Å². The van der Waals surface area contributed by atoms with E-state index in [0.717, 1.165) is 9.96 Å². The number of nitrogens with zero attached hydrogens (tertiary/aromatic N) is 7. The van der Waals surface area contributed by atoms with Crippen molar-refractivity contribution >= 4 is 65.0 Å². The van der Waals surface area contributed by atoms with E-state index in [-0.39, 0.29) is 50.0 Å². The highest BCUT2D eigenvalue weighted by molar-refractivity contribution is 5.99. The first-order valence-electron chi connectivity index (χ1n) is 31.3. The first-order valence-corrected chi connectivity index (χ1v) is 31.3. The number of carbonyl (C=O) groups excluding carboxylic acids is 11. The summed E-state index contributed by atoms with van der Waals surface area (Å²) < 4.78 is 0. The summed E-state index contributed by atoms with van der Waals surface area (Å²) in [7, 11) is 8.40. The van der Waals surface area contributed by atoms with Gasteiger partial charge in [0.15, 0.2) is 6.04 Å². The summed E-state index contributed by atoms with van der Waals surface area (Å²) in [5, 5.41) is 23.9. The van der Waals surface area contributed by atoms with E-state index in [9.17, 15) is 57.8 Å². The highest BCUT2D eigenvalue weighted by atomic mass is 16.7. The molecule has 0 aromatic carbocycles. The fourth-order valence-corrected chi connectivity index (χ4v) is 10.9. The lowest BCUT2D eigenvalue weighted by molar-refractivity contribution is -0.212. The van der Waals surface area contributed by atoms with Gasteiger partial charge >= 0.3 is 5.97 Å². The van der Waals surface area contributed by atoms with E-state index in [4.69, 9.17) is 4.84 Å². The Hall–Kier alpha value is -6.17. The van der Waals surface area contributed by atoms with Crippen LogP contribution in [0.15, 0.2) is 12.2 Å². The first kappa shape index (κ1) is 78.8. The molecule has 498 valence electrons. The predicted molar refractivity (Wildman–Crippen MR) is 334 cm³/mol. The van der Waals surface area contributed by atoms with E-state index < -0.39 is 161 Å². The van der Waals surface area contributed by atoms with Crippen molar-refractivity contribution < 1.29 is 62.7 Å². The molecule has 1 aliphatic heterocycles. The lowest BCUT2D eigenvalue weighted by atomic mass is 9.93. The van der Waals surface area contributed by atoms with Gasteiger partial charge in [0.2, 0.25) is 59.1 Å². The number of hydrogen-bond acceptors (Lipinski definition) is 14. The topological polar surface area (TPSA) is 288 Å². The van der Waals surface area contributed by atoms with Gasteiger partial charge in [-0.05, 0) is 108 Å². The van der Waals surface area contributed by atoms with Gasteiger partial charge < -0.3 is 60.6 Å². The zero-order valence-corrected chi connectivity index (χ0v) is 57.3. The second-order valence-electron chi connectivity index (χ2n) is 26.2. The fraction of sp³-hybridized carbons (Fsp3) is 0.794. The molecule has 0 aromatic rings. The van der Waals surface area contributed by atoms with Gasteiger partial charge in [-0.2, -0.15) is 0 Å². The van der Waals surface area contributed by atoms with Crippen LogP contribution in [-0.2, 0) is 57.6 Å². The zero-order chi connectivity index (χ0) is 67.6. The summed E-state index contributed by atoms with van der Waals surface area (Å²) in [4.78, 5) is 174. The molecule has 2 unspecified atom stereocenters. The number of carbonyl (C=O) groups is 11. The Morgan fingerprint density at radius 3 is 1.38 bits per heavy atom. The van der Waals surface area contributed by atoms with Gasteiger partial charge in [0.1, 0.15) is 60.4 Å². The largest absolute Gasteiger partial charge is 0.391 e. The number of aliphatic hydroxyl groups is 1. The lowest BCUT2D eigenvalue weighted by Crippen LogP contribution is -2.63. The standard InChI is InChI=1S/C63H113N11O13/c1-26-29-30-40(16)52(75)51-56(79)66-44(27-2)59(82)68(20)43(19)58(81)74(28-3)49(38(12)13)55(78)67-48(37(10)11)62(85)69(21)45(31-34(4)5)54(77)64-41(17)53(76)65-42(18)57(80)70(22)46(32-35(6)7)60(83)71(23)47(33-36(8)9)61(84)72(24)50(39(14)15)63(86)87-73(51)25/h26,29,34-52,75H,27-28,30-33H2,1-25H3,(H,64,77)(H,65,76)(H,66,79)(H,67,78)/b29-26+/t40?,41-,42-,43-,44+,45+,46+,47+,48+,49+,50+,51+,52?/m1/s1. The van der Waals surface area contributed by atoms with Crippen LogP contribution in [0.2, 0.25) is 0 Å². The van der Waals surface area contributed by atoms with Crippen molar-refractivity contribution in [3.05, 3.63) is 12.2 Å². The minimum atomic E-state index is -1.63. The van der Waals surface area contributed by atoms with Crippen LogP contribution in [0.25, 0.3) is 0 Å². The molecule has 24 nitrogen and oxygen atoms in total. The van der Waals surface area contributed by atoms with Gasteiger partial charge in [-0.15, -0.1) is 5.06 Å². The summed E-state index contributed by atoms with van der Waals surface area (Å²) in [6.07, 6.45) is 2.83. The van der Waals surface area contributed by atoms with Gasteiger partial charge in [-0.1, -0.05) is 109 Å². The van der Waals surface area contributed by atoms with Crippen LogP contribution in [0.5, 0.6) is 0 Å². The van der Waals surface area contributed by atoms with E-state index in [1.165, 1.54) is 87.6 Å². The minimum absolute atomic E-state index is 0.00713. The summed E-state index contributed by atoms with van der Waals surface area (Å²) in [6.45, 7) is 32.7. The normalized spacial score (nSPS) is 27.7. The van der Waals surface area contributed by atoms with Crippen molar-refractivity contribution in [3.8, 4) is 0 Å². The van der Waals surface area contributed by atoms with Crippen molar-refractivity contribution in [1.29, 1.82) is 0 Å². The summed E-state index contributed by atoms with van der Waals surface area (Å²) in [5.41, 5.74) is 0. The van der Waals surface area contributed by atoms with Crippen molar-refractivity contribution in [2.24, 2.45) is 41.4 Å². The third-order valence-corrected chi connectivity index (χ3v) is 16.5. The Balaban J connectivity index is 4.33. The van der Waals surface area contributed by atoms with Gasteiger partial charge in [0.25, 0.3) is 0 Å². The Morgan fingerprint density at radius 1 is 0.483 bits per heavy atom. The molecule has 24 heteroatoms. The van der Waals surface area contributed by atoms with Crippen molar-refractivity contribution in [3.63, 3.8) is 0 Å². The number of likely N-dealkylation sites (N-methyl/N-ethyl adjacent to an activating group) is 7. The molecule has 5 N–H and O–H groups in total. The van der Waals surface area contributed by atoms with Gasteiger partial charge in [0.05, 0.1) is 6.10 Å². The molecule has 1 aliphatic rings. The maximum Gasteiger partial charge on any atom is 0.347 e. The zero-order valence-electron chi connectivity index (χ0n) is 57.3. The molecule has 87 heavy (non-hydrogen) atoms. The third kappa shape index (κ3) is 21.5. The highest BCUT2D eigenvalue weighted by Crippen LogP contribution is 2.25. The average Bonchev–Trinajstić information content (AvgIpc) is 1.83. The molecule has 0 bridgehead atoms. The van der Waals surface area contributed by atoms with E-state index >= 15 is 0 Å². The van der Waals surface area contributed by atoms with Gasteiger partial charge in [-0.3, -0.25) is 47.9 Å². The maximum absolute atomic E-state index is 15.0. The Bertz CT molecular complexity index is 2380. The molecular formula is C63H113N11O13. The summed E-state index contributed by atoms with van der Waals surface area (Å²) >= 11 is 0. The van der Waals surface area contributed by atoms with Crippen LogP contribution >= 0.6 is 0 Å². The van der Waals surface area contributed by atoms with E-state index in [1.807, 2.05) is 41.5 Å². The average molecular weight is 1230 g/mol. The summed E-state index contributed by atoms with van der Waals surface area (Å²) in [6, 6.07) is -13.7. The number of hydrogen-bond donors (Lipinski definition) is 5. The molecule has 0 radical (unpaired) electrons.